The number of nitrogens with zero attached hydrogens (tertiary/aromatic N) is 2. The molecule has 0 saturated carbocycles. The Morgan fingerprint density at radius 1 is 0.484 bits per heavy atom. The lowest BCUT2D eigenvalue weighted by molar-refractivity contribution is -0.136. The number of benzene rings is 6. The normalized spacial score (nSPS) is 15.8. The molecule has 4 amide bonds. The van der Waals surface area contributed by atoms with Crippen molar-refractivity contribution in [1.29, 1.82) is 0 Å². The molecule has 0 spiro atoms. The summed E-state index contributed by atoms with van der Waals surface area (Å²) >= 11 is 0. The molecule has 0 aliphatic carbocycles. The second kappa shape index (κ2) is 21.1. The Hall–Kier alpha value is -7.46. The molecule has 2 N–H and O–H groups in total. The van der Waals surface area contributed by atoms with Gasteiger partial charge in [0.05, 0.1) is 12.8 Å². The lowest BCUT2D eigenvalue weighted by Crippen LogP contribution is -2.43. The molecule has 6 aromatic rings. The molecule has 0 bridgehead atoms. The standard InChI is InChI=1S/C54H52N4O6/c59-51(35-43-17-7-9-21-49(43)63-37-41-13-3-1-4-14-41)57-33-11-19-47(57)53(61)55-45-29-25-39(26-30-45)23-24-40-27-31-46(32-28-40)56-54(62)48-20-12-34-58(48)52(60)36-44-18-8-10-22-50(44)64-38-42-15-5-2-6-16-42/h1-10,13-18,21-32,47-48H,11-12,19-20,33-38H2,(H,55,61)(H,56,62)/b24-23+/t47-,48-/m0/s1. The van der Waals surface area contributed by atoms with Crippen molar-refractivity contribution in [2.45, 2.75) is 63.8 Å². The van der Waals surface area contributed by atoms with Crippen LogP contribution in [0.2, 0.25) is 0 Å². The van der Waals surface area contributed by atoms with Crippen molar-refractivity contribution in [2.75, 3.05) is 23.7 Å². The largest absolute Gasteiger partial charge is 0.489 e. The average molecular weight is 853 g/mol. The molecule has 2 fully saturated rings. The van der Waals surface area contributed by atoms with Gasteiger partial charge in [0.15, 0.2) is 0 Å². The van der Waals surface area contributed by atoms with Crippen LogP contribution in [0.1, 0.15) is 59.1 Å². The summed E-state index contributed by atoms with van der Waals surface area (Å²) in [5.41, 5.74) is 6.87. The Morgan fingerprint density at radius 3 is 1.27 bits per heavy atom. The van der Waals surface area contributed by atoms with Gasteiger partial charge in [-0.2, -0.15) is 0 Å². The van der Waals surface area contributed by atoms with Crippen molar-refractivity contribution >= 4 is 47.2 Å². The minimum Gasteiger partial charge on any atom is -0.489 e. The van der Waals surface area contributed by atoms with E-state index in [-0.39, 0.29) is 36.5 Å². The van der Waals surface area contributed by atoms with Crippen molar-refractivity contribution in [1.82, 2.24) is 9.80 Å². The topological polar surface area (TPSA) is 117 Å². The van der Waals surface area contributed by atoms with Gasteiger partial charge in [-0.25, -0.2) is 0 Å². The summed E-state index contributed by atoms with van der Waals surface area (Å²) in [5, 5.41) is 6.03. The Bertz CT molecular complexity index is 2380. The average Bonchev–Trinajstić information content (AvgIpc) is 4.04. The Balaban J connectivity index is 0.801. The smallest absolute Gasteiger partial charge is 0.247 e. The highest BCUT2D eigenvalue weighted by molar-refractivity contribution is 5.99. The second-order valence-electron chi connectivity index (χ2n) is 16.2. The van der Waals surface area contributed by atoms with Crippen LogP contribution in [-0.2, 0) is 45.2 Å². The molecule has 10 heteroatoms. The van der Waals surface area contributed by atoms with Crippen LogP contribution < -0.4 is 20.1 Å². The zero-order valence-corrected chi connectivity index (χ0v) is 35.7. The van der Waals surface area contributed by atoms with E-state index < -0.39 is 12.1 Å². The van der Waals surface area contributed by atoms with Crippen LogP contribution >= 0.6 is 0 Å². The lowest BCUT2D eigenvalue weighted by atomic mass is 10.1. The maximum absolute atomic E-state index is 13.6. The summed E-state index contributed by atoms with van der Waals surface area (Å²) in [6, 6.07) is 49.0. The van der Waals surface area contributed by atoms with Crippen LogP contribution in [0.25, 0.3) is 12.2 Å². The van der Waals surface area contributed by atoms with Crippen LogP contribution in [0.15, 0.2) is 158 Å². The lowest BCUT2D eigenvalue weighted by Gasteiger charge is -2.24. The number of carbonyl (C=O) groups excluding carboxylic acids is 4. The third kappa shape index (κ3) is 11.3. The predicted molar refractivity (Wildman–Crippen MR) is 250 cm³/mol. The Morgan fingerprint density at radius 2 is 0.859 bits per heavy atom. The minimum absolute atomic E-state index is 0.101. The van der Waals surface area contributed by atoms with Gasteiger partial charge in [-0.1, -0.05) is 133 Å². The molecular weight excluding hydrogens is 801 g/mol. The Kier molecular flexibility index (Phi) is 14.2. The third-order valence-corrected chi connectivity index (χ3v) is 11.7. The van der Waals surface area contributed by atoms with Crippen molar-refractivity contribution in [3.8, 4) is 11.5 Å². The summed E-state index contributed by atoms with van der Waals surface area (Å²) in [4.78, 5) is 57.4. The molecule has 8 rings (SSSR count). The van der Waals surface area contributed by atoms with Gasteiger partial charge in [-0.15, -0.1) is 0 Å². The maximum Gasteiger partial charge on any atom is 0.247 e. The molecule has 0 radical (unpaired) electrons. The number of rotatable bonds is 16. The van der Waals surface area contributed by atoms with Crippen molar-refractivity contribution in [3.63, 3.8) is 0 Å². The predicted octanol–water partition coefficient (Wildman–Crippen LogP) is 9.36. The van der Waals surface area contributed by atoms with Gasteiger partial charge in [0, 0.05) is 35.6 Å². The van der Waals surface area contributed by atoms with Gasteiger partial charge in [-0.05, 0) is 84.3 Å². The van der Waals surface area contributed by atoms with Crippen molar-refractivity contribution in [3.05, 3.63) is 191 Å². The molecule has 2 aliphatic heterocycles. The summed E-state index contributed by atoms with van der Waals surface area (Å²) in [5.74, 6) is 0.724. The third-order valence-electron chi connectivity index (χ3n) is 11.7. The molecule has 0 aromatic heterocycles. The first kappa shape index (κ1) is 43.2. The quantitative estimate of drug-likeness (QED) is 0.0938. The number of carbonyl (C=O) groups is 4. The number of hydrogen-bond donors (Lipinski definition) is 2. The fraction of sp³-hybridized carbons (Fsp3) is 0.222. The minimum atomic E-state index is -0.545. The number of hydrogen-bond acceptors (Lipinski definition) is 6. The first-order chi connectivity index (χ1) is 31.4. The molecule has 0 unspecified atom stereocenters. The number of ether oxygens (including phenoxy) is 2. The zero-order chi connectivity index (χ0) is 44.1. The number of nitrogens with one attached hydrogen (secondary N) is 2. The van der Waals surface area contributed by atoms with Gasteiger partial charge in [0.25, 0.3) is 0 Å². The van der Waals surface area contributed by atoms with E-state index >= 15 is 0 Å². The fourth-order valence-electron chi connectivity index (χ4n) is 8.26. The van der Waals surface area contributed by atoms with E-state index in [4.69, 9.17) is 9.47 Å². The number of likely N-dealkylation sites (tertiary alicyclic amines) is 2. The molecule has 324 valence electrons. The van der Waals surface area contributed by atoms with E-state index in [1.807, 2.05) is 170 Å². The van der Waals surface area contributed by atoms with Crippen molar-refractivity contribution in [2.24, 2.45) is 0 Å². The van der Waals surface area contributed by atoms with Gasteiger partial charge in [0.2, 0.25) is 23.6 Å². The first-order valence-corrected chi connectivity index (χ1v) is 21.9. The van der Waals surface area contributed by atoms with Crippen LogP contribution in [0.5, 0.6) is 11.5 Å². The van der Waals surface area contributed by atoms with Gasteiger partial charge < -0.3 is 29.9 Å². The van der Waals surface area contributed by atoms with Crippen LogP contribution in [0, 0.1) is 0 Å². The highest BCUT2D eigenvalue weighted by Crippen LogP contribution is 2.27. The van der Waals surface area contributed by atoms with E-state index in [0.717, 1.165) is 46.2 Å². The maximum atomic E-state index is 13.6. The fourth-order valence-corrected chi connectivity index (χ4v) is 8.26. The summed E-state index contributed by atoms with van der Waals surface area (Å²) < 4.78 is 12.2. The molecule has 10 nitrogen and oxygen atoms in total. The van der Waals surface area contributed by atoms with Gasteiger partial charge in [0.1, 0.15) is 36.8 Å². The van der Waals surface area contributed by atoms with E-state index in [9.17, 15) is 19.2 Å². The zero-order valence-electron chi connectivity index (χ0n) is 35.7. The molecule has 2 heterocycles. The summed E-state index contributed by atoms with van der Waals surface area (Å²) in [6.45, 7) is 1.87. The van der Waals surface area contributed by atoms with Crippen molar-refractivity contribution < 1.29 is 28.7 Å². The van der Waals surface area contributed by atoms with E-state index in [1.165, 1.54) is 0 Å². The van der Waals surface area contributed by atoms with E-state index in [1.54, 1.807) is 9.80 Å². The highest BCUT2D eigenvalue weighted by atomic mass is 16.5. The van der Waals surface area contributed by atoms with E-state index in [2.05, 4.69) is 10.6 Å². The van der Waals surface area contributed by atoms with E-state index in [0.29, 0.717) is 62.0 Å². The summed E-state index contributed by atoms with van der Waals surface area (Å²) in [7, 11) is 0. The summed E-state index contributed by atoms with van der Waals surface area (Å²) in [6.07, 6.45) is 6.99. The number of para-hydroxylation sites is 2. The first-order valence-electron chi connectivity index (χ1n) is 21.9. The molecule has 2 aliphatic rings. The molecule has 64 heavy (non-hydrogen) atoms. The molecule has 6 aromatic carbocycles. The van der Waals surface area contributed by atoms with Crippen LogP contribution in [0.3, 0.4) is 0 Å². The molecule has 2 atom stereocenters. The second-order valence-corrected chi connectivity index (χ2v) is 16.2. The highest BCUT2D eigenvalue weighted by Gasteiger charge is 2.35. The van der Waals surface area contributed by atoms with Gasteiger partial charge >= 0.3 is 0 Å². The number of anilines is 2. The molecular formula is C54H52N4O6. The van der Waals surface area contributed by atoms with Crippen LogP contribution in [-0.4, -0.2) is 58.6 Å². The van der Waals surface area contributed by atoms with Gasteiger partial charge in [-0.3, -0.25) is 19.2 Å². The Labute approximate surface area is 374 Å². The SMILES string of the molecule is O=C(Nc1ccc(/C=C/c2ccc(NC(=O)[C@@H]3CCCN3C(=O)Cc3ccccc3OCc3ccccc3)cc2)cc1)[C@@H]1CCCN1C(=O)Cc1ccccc1OCc1ccccc1. The number of amides is 4. The molecule has 2 saturated heterocycles. The monoisotopic (exact) mass is 852 g/mol. The van der Waals surface area contributed by atoms with Crippen LogP contribution in [0.4, 0.5) is 11.4 Å².